The third kappa shape index (κ3) is 4.21. The zero-order chi connectivity index (χ0) is 25.6. The van der Waals surface area contributed by atoms with Crippen molar-refractivity contribution < 1.29 is 23.8 Å². The van der Waals surface area contributed by atoms with Crippen LogP contribution in [0.25, 0.3) is 0 Å². The van der Waals surface area contributed by atoms with Gasteiger partial charge in [0.05, 0.1) is 5.92 Å². The summed E-state index contributed by atoms with van der Waals surface area (Å²) in [5.41, 5.74) is 0.0559. The molecule has 188 valence electrons. The molecule has 1 aromatic heterocycles. The zero-order valence-corrected chi connectivity index (χ0v) is 19.9. The lowest BCUT2D eigenvalue weighted by molar-refractivity contribution is -0.123. The summed E-state index contributed by atoms with van der Waals surface area (Å²) in [5, 5.41) is 13.6. The average Bonchev–Trinajstić information content (AvgIpc) is 3.14. The van der Waals surface area contributed by atoms with E-state index in [0.29, 0.717) is 34.1 Å². The number of fused-ring (bicyclic) bond motifs is 2. The summed E-state index contributed by atoms with van der Waals surface area (Å²) < 4.78 is 27.5. The Bertz CT molecular complexity index is 1440. The number of carbonyl (C=O) groups is 1. The molecule has 2 aliphatic heterocycles. The molecule has 0 spiro atoms. The smallest absolute Gasteiger partial charge is 0.330 e. The first-order chi connectivity index (χ1) is 17.3. The predicted molar refractivity (Wildman–Crippen MR) is 128 cm³/mol. The first-order valence-corrected chi connectivity index (χ1v) is 11.8. The highest BCUT2D eigenvalue weighted by atomic mass is 35.5. The van der Waals surface area contributed by atoms with Crippen molar-refractivity contribution in [1.29, 1.82) is 0 Å². The van der Waals surface area contributed by atoms with Crippen LogP contribution in [0.5, 0.6) is 11.5 Å². The van der Waals surface area contributed by atoms with Gasteiger partial charge in [-0.15, -0.1) is 0 Å². The number of hydrogen-bond donors (Lipinski definition) is 3. The van der Waals surface area contributed by atoms with Crippen molar-refractivity contribution in [3.05, 3.63) is 91.2 Å². The number of aryl methyl sites for hydroxylation is 1. The van der Waals surface area contributed by atoms with Gasteiger partial charge in [-0.25, -0.2) is 9.18 Å². The molecule has 3 aromatic rings. The van der Waals surface area contributed by atoms with Gasteiger partial charge in [0.15, 0.2) is 12.4 Å². The minimum Gasteiger partial charge on any atom is -0.457 e. The molecule has 0 bridgehead atoms. The number of nitrogens with one attached hydrogen (secondary N) is 2. The topological polar surface area (TPSA) is 123 Å². The summed E-state index contributed by atoms with van der Waals surface area (Å²) in [7, 11) is 0. The summed E-state index contributed by atoms with van der Waals surface area (Å²) in [4.78, 5) is 39.6. The Balaban J connectivity index is 1.37. The molecule has 0 aliphatic carbocycles. The third-order valence-electron chi connectivity index (χ3n) is 6.46. The molecule has 2 unspecified atom stereocenters. The van der Waals surface area contributed by atoms with Gasteiger partial charge in [0.2, 0.25) is 5.91 Å². The van der Waals surface area contributed by atoms with Crippen LogP contribution in [0.1, 0.15) is 35.8 Å². The standard InChI is InChI=1S/C25H23ClFN3O6/c1-2-12-11-30(25(34)29-22(12)32)24-20(27)21(31)18(36-24)10-28-23(33)19-14-5-3-4-6-16(14)35-17-8-7-13(26)9-15(17)19/h3-9,11,18-21,24,31H,2,10H2,1H3,(H,28,33)(H,29,32,34)/t18-,19?,20+,21-,24?/m1/s1. The van der Waals surface area contributed by atoms with Crippen LogP contribution in [0.3, 0.4) is 0 Å². The molecule has 5 atom stereocenters. The van der Waals surface area contributed by atoms with E-state index in [-0.39, 0.29) is 12.1 Å². The molecule has 3 N–H and O–H groups in total. The quantitative estimate of drug-likeness (QED) is 0.479. The maximum Gasteiger partial charge on any atom is 0.330 e. The number of halogens is 2. The number of H-pyrrole nitrogens is 1. The van der Waals surface area contributed by atoms with Crippen molar-refractivity contribution in [2.45, 2.75) is 43.9 Å². The second-order valence-corrected chi connectivity index (χ2v) is 9.11. The van der Waals surface area contributed by atoms with Crippen LogP contribution in [0.15, 0.2) is 58.3 Å². The molecule has 2 aromatic carbocycles. The van der Waals surface area contributed by atoms with Gasteiger partial charge in [0.1, 0.15) is 23.7 Å². The van der Waals surface area contributed by atoms with Gasteiger partial charge in [-0.1, -0.05) is 36.7 Å². The van der Waals surface area contributed by atoms with Crippen molar-refractivity contribution in [2.75, 3.05) is 6.54 Å². The van der Waals surface area contributed by atoms with Gasteiger partial charge in [-0.2, -0.15) is 0 Å². The summed E-state index contributed by atoms with van der Waals surface area (Å²) in [5.74, 6) is -0.160. The minimum atomic E-state index is -1.96. The summed E-state index contributed by atoms with van der Waals surface area (Å²) >= 11 is 6.18. The Hall–Kier alpha value is -3.47. The molecule has 1 fully saturated rings. The van der Waals surface area contributed by atoms with E-state index in [1.807, 2.05) is 0 Å². The maximum absolute atomic E-state index is 15.0. The van der Waals surface area contributed by atoms with Crippen LogP contribution in [0, 0.1) is 0 Å². The SMILES string of the molecule is CCc1cn(C2O[C@H](CNC(=O)C3c4ccccc4Oc4ccc(Cl)cc43)[C@@H](O)[C@@H]2F)c(=O)[nH]c1=O. The van der Waals surface area contributed by atoms with Crippen LogP contribution in [-0.4, -0.2) is 45.5 Å². The zero-order valence-electron chi connectivity index (χ0n) is 19.1. The fourth-order valence-corrected chi connectivity index (χ4v) is 4.77. The minimum absolute atomic E-state index is 0.217. The van der Waals surface area contributed by atoms with Gasteiger partial charge in [-0.3, -0.25) is 19.1 Å². The van der Waals surface area contributed by atoms with Crippen LogP contribution in [-0.2, 0) is 16.0 Å². The van der Waals surface area contributed by atoms with Crippen molar-refractivity contribution in [2.24, 2.45) is 0 Å². The molecule has 3 heterocycles. The Morgan fingerprint density at radius 2 is 1.94 bits per heavy atom. The molecule has 5 rings (SSSR count). The number of aliphatic hydroxyl groups is 1. The lowest BCUT2D eigenvalue weighted by Crippen LogP contribution is -2.41. The second kappa shape index (κ2) is 9.53. The van der Waals surface area contributed by atoms with Crippen LogP contribution in [0.2, 0.25) is 5.02 Å². The van der Waals surface area contributed by atoms with E-state index in [9.17, 15) is 23.9 Å². The third-order valence-corrected chi connectivity index (χ3v) is 6.70. The number of rotatable bonds is 5. The number of para-hydroxylation sites is 1. The maximum atomic E-state index is 15.0. The highest BCUT2D eigenvalue weighted by Gasteiger charge is 2.46. The Morgan fingerprint density at radius 1 is 1.19 bits per heavy atom. The number of amides is 1. The average molecular weight is 516 g/mol. The highest BCUT2D eigenvalue weighted by Crippen LogP contribution is 2.45. The first-order valence-electron chi connectivity index (χ1n) is 11.4. The Kier molecular flexibility index (Phi) is 6.42. The first kappa shape index (κ1) is 24.2. The molecule has 1 amide bonds. The Labute approximate surface area is 209 Å². The van der Waals surface area contributed by atoms with Crippen LogP contribution in [0.4, 0.5) is 4.39 Å². The van der Waals surface area contributed by atoms with Crippen molar-refractivity contribution in [3.8, 4) is 11.5 Å². The van der Waals surface area contributed by atoms with Crippen molar-refractivity contribution in [1.82, 2.24) is 14.9 Å². The van der Waals surface area contributed by atoms with Crippen LogP contribution >= 0.6 is 11.6 Å². The van der Waals surface area contributed by atoms with E-state index in [0.717, 1.165) is 4.57 Å². The van der Waals surface area contributed by atoms with Crippen molar-refractivity contribution >= 4 is 17.5 Å². The molecule has 36 heavy (non-hydrogen) atoms. The number of hydrogen-bond acceptors (Lipinski definition) is 6. The number of aromatic amines is 1. The lowest BCUT2D eigenvalue weighted by Gasteiger charge is -2.28. The van der Waals surface area contributed by atoms with E-state index in [2.05, 4.69) is 10.3 Å². The van der Waals surface area contributed by atoms with Gasteiger partial charge >= 0.3 is 5.69 Å². The molecule has 11 heteroatoms. The number of ether oxygens (including phenoxy) is 2. The molecular formula is C25H23ClFN3O6. The number of aliphatic hydroxyl groups excluding tert-OH is 1. The molecule has 1 saturated heterocycles. The van der Waals surface area contributed by atoms with E-state index in [4.69, 9.17) is 21.1 Å². The van der Waals surface area contributed by atoms with Gasteiger partial charge in [-0.05, 0) is 30.7 Å². The number of alkyl halides is 1. The van der Waals surface area contributed by atoms with E-state index in [1.165, 1.54) is 6.20 Å². The number of benzene rings is 2. The summed E-state index contributed by atoms with van der Waals surface area (Å²) in [6.45, 7) is 1.50. The van der Waals surface area contributed by atoms with E-state index >= 15 is 0 Å². The van der Waals surface area contributed by atoms with Gasteiger partial charge in [0, 0.05) is 34.5 Å². The highest BCUT2D eigenvalue weighted by molar-refractivity contribution is 6.30. The largest absolute Gasteiger partial charge is 0.457 e. The molecule has 0 saturated carbocycles. The molecule has 2 aliphatic rings. The van der Waals surface area contributed by atoms with Gasteiger partial charge < -0.3 is 19.9 Å². The molecule has 9 nitrogen and oxygen atoms in total. The summed E-state index contributed by atoms with van der Waals surface area (Å²) in [6, 6.07) is 12.1. The fourth-order valence-electron chi connectivity index (χ4n) is 4.59. The van der Waals surface area contributed by atoms with Crippen LogP contribution < -0.4 is 21.3 Å². The number of aromatic nitrogens is 2. The number of nitrogens with zero attached hydrogens (tertiary/aromatic N) is 1. The van der Waals surface area contributed by atoms with E-state index < -0.39 is 47.7 Å². The monoisotopic (exact) mass is 515 g/mol. The fraction of sp³-hybridized carbons (Fsp3) is 0.320. The molecule has 0 radical (unpaired) electrons. The lowest BCUT2D eigenvalue weighted by atomic mass is 9.87. The van der Waals surface area contributed by atoms with E-state index in [1.54, 1.807) is 49.4 Å². The van der Waals surface area contributed by atoms with Crippen molar-refractivity contribution in [3.63, 3.8) is 0 Å². The predicted octanol–water partition coefficient (Wildman–Crippen LogP) is 2.40. The number of carbonyl (C=O) groups excluding carboxylic acids is 1. The normalized spacial score (nSPS) is 24.5. The van der Waals surface area contributed by atoms with Gasteiger partial charge in [0.25, 0.3) is 5.56 Å². The summed E-state index contributed by atoms with van der Waals surface area (Å²) in [6.07, 6.45) is -4.61. The molecular weight excluding hydrogens is 493 g/mol. The second-order valence-electron chi connectivity index (χ2n) is 8.67. The Morgan fingerprint density at radius 3 is 2.72 bits per heavy atom.